The molecule has 158 valence electrons. The molecule has 1 saturated heterocycles. The molecule has 2 N–H and O–H groups in total. The highest BCUT2D eigenvalue weighted by atomic mass is 16.3. The molecule has 0 spiro atoms. The lowest BCUT2D eigenvalue weighted by atomic mass is 9.94. The summed E-state index contributed by atoms with van der Waals surface area (Å²) in [5.41, 5.74) is 3.38. The summed E-state index contributed by atoms with van der Waals surface area (Å²) in [7, 11) is 1.66. The maximum Gasteiger partial charge on any atom is 0.317 e. The Kier molecular flexibility index (Phi) is 6.63. The van der Waals surface area contributed by atoms with Crippen molar-refractivity contribution in [1.29, 1.82) is 5.26 Å². The van der Waals surface area contributed by atoms with E-state index in [1.54, 1.807) is 7.05 Å². The van der Waals surface area contributed by atoms with Crippen LogP contribution < -0.4 is 10.2 Å². The molecule has 2 fully saturated rings. The number of nitrogens with one attached hydrogen (secondary N) is 1. The van der Waals surface area contributed by atoms with Crippen molar-refractivity contribution in [1.82, 2.24) is 15.2 Å². The van der Waals surface area contributed by atoms with E-state index in [0.717, 1.165) is 48.3 Å². The number of anilines is 1. The van der Waals surface area contributed by atoms with Crippen LogP contribution in [0.2, 0.25) is 0 Å². The zero-order valence-corrected chi connectivity index (χ0v) is 18.0. The molecule has 7 nitrogen and oxygen atoms in total. The number of nitriles is 1. The van der Waals surface area contributed by atoms with E-state index < -0.39 is 0 Å². The summed E-state index contributed by atoms with van der Waals surface area (Å²) < 4.78 is 0. The van der Waals surface area contributed by atoms with E-state index >= 15 is 0 Å². The number of aliphatic hydroxyl groups is 1. The SMILES string of the molecule is CCCc1c(C#N)c(N2CCN(C(=O)NC)[C@H](C(C)C)C2)nc(C2CC2)c1CO. The summed E-state index contributed by atoms with van der Waals surface area (Å²) >= 11 is 0. The molecule has 1 aromatic heterocycles. The van der Waals surface area contributed by atoms with Crippen LogP contribution in [0.25, 0.3) is 0 Å². The van der Waals surface area contributed by atoms with Gasteiger partial charge in [-0.15, -0.1) is 0 Å². The normalized spacial score (nSPS) is 19.4. The van der Waals surface area contributed by atoms with Crippen LogP contribution in [0.4, 0.5) is 10.6 Å². The zero-order valence-electron chi connectivity index (χ0n) is 18.0. The first-order chi connectivity index (χ1) is 14.0. The second-order valence-electron chi connectivity index (χ2n) is 8.45. The minimum atomic E-state index is -0.0673. The van der Waals surface area contributed by atoms with E-state index in [9.17, 15) is 15.2 Å². The monoisotopic (exact) mass is 399 g/mol. The molecule has 2 amide bonds. The summed E-state index contributed by atoms with van der Waals surface area (Å²) in [6.45, 7) is 8.16. The summed E-state index contributed by atoms with van der Waals surface area (Å²) in [4.78, 5) is 21.3. The number of rotatable bonds is 6. The van der Waals surface area contributed by atoms with Gasteiger partial charge in [0.2, 0.25) is 0 Å². The van der Waals surface area contributed by atoms with Gasteiger partial charge in [0.1, 0.15) is 11.9 Å². The van der Waals surface area contributed by atoms with E-state index in [1.807, 2.05) is 4.90 Å². The van der Waals surface area contributed by atoms with Crippen molar-refractivity contribution in [3.8, 4) is 6.07 Å². The predicted molar refractivity (Wildman–Crippen MR) is 113 cm³/mol. The number of urea groups is 1. The van der Waals surface area contributed by atoms with E-state index in [-0.39, 0.29) is 24.6 Å². The minimum absolute atomic E-state index is 0.0496. The fourth-order valence-corrected chi connectivity index (χ4v) is 4.39. The fraction of sp³-hybridized carbons (Fsp3) is 0.682. The van der Waals surface area contributed by atoms with Gasteiger partial charge in [-0.3, -0.25) is 0 Å². The number of aromatic nitrogens is 1. The molecule has 1 aliphatic carbocycles. The van der Waals surface area contributed by atoms with Gasteiger partial charge in [0.25, 0.3) is 0 Å². The number of aliphatic hydroxyl groups excluding tert-OH is 1. The lowest BCUT2D eigenvalue weighted by Gasteiger charge is -2.44. The van der Waals surface area contributed by atoms with Crippen LogP contribution in [0, 0.1) is 17.2 Å². The van der Waals surface area contributed by atoms with Gasteiger partial charge in [-0.1, -0.05) is 27.2 Å². The summed E-state index contributed by atoms with van der Waals surface area (Å²) in [5, 5.41) is 22.8. The van der Waals surface area contributed by atoms with E-state index in [4.69, 9.17) is 4.98 Å². The number of hydrogen-bond acceptors (Lipinski definition) is 5. The van der Waals surface area contributed by atoms with Gasteiger partial charge in [0, 0.05) is 38.2 Å². The van der Waals surface area contributed by atoms with E-state index in [0.29, 0.717) is 31.1 Å². The highest BCUT2D eigenvalue weighted by Crippen LogP contribution is 2.43. The molecule has 2 heterocycles. The highest BCUT2D eigenvalue weighted by Gasteiger charge is 2.36. The maximum atomic E-state index is 12.3. The van der Waals surface area contributed by atoms with Gasteiger partial charge in [-0.2, -0.15) is 5.26 Å². The Bertz CT molecular complexity index is 797. The Morgan fingerprint density at radius 2 is 2.07 bits per heavy atom. The quantitative estimate of drug-likeness (QED) is 0.767. The third-order valence-corrected chi connectivity index (χ3v) is 6.12. The van der Waals surface area contributed by atoms with Gasteiger partial charge >= 0.3 is 6.03 Å². The Hall–Kier alpha value is -2.33. The third kappa shape index (κ3) is 4.18. The van der Waals surface area contributed by atoms with Crippen LogP contribution in [-0.4, -0.2) is 53.7 Å². The van der Waals surface area contributed by atoms with Gasteiger partial charge in [-0.05, 0) is 30.7 Å². The van der Waals surface area contributed by atoms with Gasteiger partial charge < -0.3 is 20.2 Å². The number of carbonyl (C=O) groups is 1. The molecule has 0 radical (unpaired) electrons. The zero-order chi connectivity index (χ0) is 21.1. The molecule has 3 rings (SSSR count). The topological polar surface area (TPSA) is 92.5 Å². The van der Waals surface area contributed by atoms with Crippen molar-refractivity contribution < 1.29 is 9.90 Å². The second-order valence-corrected chi connectivity index (χ2v) is 8.45. The third-order valence-electron chi connectivity index (χ3n) is 6.12. The smallest absolute Gasteiger partial charge is 0.317 e. The molecule has 0 unspecified atom stereocenters. The number of carbonyl (C=O) groups excluding carboxylic acids is 1. The molecule has 0 aromatic carbocycles. The average molecular weight is 400 g/mol. The van der Waals surface area contributed by atoms with Crippen LogP contribution in [0.15, 0.2) is 0 Å². The number of pyridine rings is 1. The highest BCUT2D eigenvalue weighted by molar-refractivity contribution is 5.75. The summed E-state index contributed by atoms with van der Waals surface area (Å²) in [6, 6.07) is 2.38. The van der Waals surface area contributed by atoms with Crippen molar-refractivity contribution in [2.75, 3.05) is 31.6 Å². The van der Waals surface area contributed by atoms with Crippen molar-refractivity contribution >= 4 is 11.8 Å². The Balaban J connectivity index is 2.04. The van der Waals surface area contributed by atoms with Crippen molar-refractivity contribution in [3.63, 3.8) is 0 Å². The first kappa shape index (κ1) is 21.4. The van der Waals surface area contributed by atoms with Crippen molar-refractivity contribution in [3.05, 3.63) is 22.4 Å². The van der Waals surface area contributed by atoms with E-state index in [1.165, 1.54) is 0 Å². The lowest BCUT2D eigenvalue weighted by Crippen LogP contribution is -2.59. The molecule has 1 saturated carbocycles. The molecule has 7 heteroatoms. The maximum absolute atomic E-state index is 12.3. The van der Waals surface area contributed by atoms with Crippen LogP contribution >= 0.6 is 0 Å². The first-order valence-electron chi connectivity index (χ1n) is 10.8. The minimum Gasteiger partial charge on any atom is -0.392 e. The molecule has 29 heavy (non-hydrogen) atoms. The number of hydrogen-bond donors (Lipinski definition) is 2. The molecule has 2 aliphatic rings. The van der Waals surface area contributed by atoms with Crippen molar-refractivity contribution in [2.45, 2.75) is 65.0 Å². The average Bonchev–Trinajstić information content (AvgIpc) is 3.57. The Morgan fingerprint density at radius 1 is 1.34 bits per heavy atom. The van der Waals surface area contributed by atoms with Gasteiger partial charge in [-0.25, -0.2) is 9.78 Å². The number of amides is 2. The van der Waals surface area contributed by atoms with Gasteiger partial charge in [0.05, 0.1) is 23.9 Å². The molecule has 1 aliphatic heterocycles. The first-order valence-corrected chi connectivity index (χ1v) is 10.8. The molecule has 1 atom stereocenters. The fourth-order valence-electron chi connectivity index (χ4n) is 4.39. The predicted octanol–water partition coefficient (Wildman–Crippen LogP) is 2.76. The molecule has 1 aromatic rings. The van der Waals surface area contributed by atoms with E-state index in [2.05, 4.69) is 37.1 Å². The Labute approximate surface area is 173 Å². The molecular weight excluding hydrogens is 366 g/mol. The Morgan fingerprint density at radius 3 is 2.59 bits per heavy atom. The lowest BCUT2D eigenvalue weighted by molar-refractivity contribution is 0.146. The van der Waals surface area contributed by atoms with Gasteiger partial charge in [0.15, 0.2) is 0 Å². The van der Waals surface area contributed by atoms with Crippen LogP contribution in [-0.2, 0) is 13.0 Å². The summed E-state index contributed by atoms with van der Waals surface area (Å²) in [6.07, 6.45) is 3.86. The van der Waals surface area contributed by atoms with Crippen LogP contribution in [0.5, 0.6) is 0 Å². The van der Waals surface area contributed by atoms with Crippen LogP contribution in [0.3, 0.4) is 0 Å². The number of nitrogens with zero attached hydrogens (tertiary/aromatic N) is 4. The second kappa shape index (κ2) is 9.00. The standard InChI is InChI=1S/C22H33N5O2/c1-5-6-16-17(11-23)21(25-20(15-7-8-15)18(16)13-28)26-9-10-27(22(29)24-4)19(12-26)14(2)3/h14-15,19,28H,5-10,12-13H2,1-4H3,(H,24,29)/t19-/m0/s1. The molecular formula is C22H33N5O2. The summed E-state index contributed by atoms with van der Waals surface area (Å²) in [5.74, 6) is 1.42. The van der Waals surface area contributed by atoms with Crippen molar-refractivity contribution in [2.24, 2.45) is 5.92 Å². The molecule has 0 bridgehead atoms. The largest absolute Gasteiger partial charge is 0.392 e. The number of piperazine rings is 1. The van der Waals surface area contributed by atoms with Crippen LogP contribution in [0.1, 0.15) is 68.3 Å².